The molecule has 0 aliphatic carbocycles. The van der Waals surface area contributed by atoms with Crippen LogP contribution in [-0.4, -0.2) is 25.6 Å². The summed E-state index contributed by atoms with van der Waals surface area (Å²) >= 11 is 0. The van der Waals surface area contributed by atoms with Crippen LogP contribution in [0.5, 0.6) is 0 Å². The van der Waals surface area contributed by atoms with Crippen molar-refractivity contribution in [2.45, 2.75) is 13.3 Å². The zero-order chi connectivity index (χ0) is 13.3. The lowest BCUT2D eigenvalue weighted by Gasteiger charge is -2.08. The number of anilines is 1. The number of aromatic nitrogens is 4. The van der Waals surface area contributed by atoms with Gasteiger partial charge in [0.1, 0.15) is 5.39 Å². The third-order valence-electron chi connectivity index (χ3n) is 2.73. The summed E-state index contributed by atoms with van der Waals surface area (Å²) in [4.78, 5) is 31.9. The Labute approximate surface area is 103 Å². The number of aryl methyl sites for hydroxylation is 1. The summed E-state index contributed by atoms with van der Waals surface area (Å²) in [5, 5.41) is 3.36. The van der Waals surface area contributed by atoms with Gasteiger partial charge in [-0.25, -0.2) is 9.78 Å². The summed E-state index contributed by atoms with van der Waals surface area (Å²) in [5.74, 6) is 0.424. The first-order valence-corrected chi connectivity index (χ1v) is 5.73. The summed E-state index contributed by atoms with van der Waals surface area (Å²) in [6, 6.07) is 0. The molecule has 0 amide bonds. The quantitative estimate of drug-likeness (QED) is 0.818. The topological polar surface area (TPSA) is 81.8 Å². The van der Waals surface area contributed by atoms with Gasteiger partial charge in [-0.2, -0.15) is 4.98 Å². The molecule has 0 unspecified atom stereocenters. The van der Waals surface area contributed by atoms with Crippen molar-refractivity contribution in [2.24, 2.45) is 14.1 Å². The molecule has 1 N–H and O–H groups in total. The summed E-state index contributed by atoms with van der Waals surface area (Å²) in [6.07, 6.45) is 2.39. The highest BCUT2D eigenvalue weighted by molar-refractivity contribution is 5.73. The van der Waals surface area contributed by atoms with Crippen molar-refractivity contribution >= 4 is 17.0 Å². The van der Waals surface area contributed by atoms with Crippen molar-refractivity contribution in [3.8, 4) is 0 Å². The highest BCUT2D eigenvalue weighted by Gasteiger charge is 2.10. The fourth-order valence-corrected chi connectivity index (χ4v) is 1.68. The third-order valence-corrected chi connectivity index (χ3v) is 2.73. The average Bonchev–Trinajstić information content (AvgIpc) is 2.40. The molecule has 0 aliphatic heterocycles. The lowest BCUT2D eigenvalue weighted by atomic mass is 10.4. The highest BCUT2D eigenvalue weighted by Crippen LogP contribution is 2.06. The summed E-state index contributed by atoms with van der Waals surface area (Å²) in [6.45, 7) is 2.77. The lowest BCUT2D eigenvalue weighted by Crippen LogP contribution is -2.37. The van der Waals surface area contributed by atoms with Gasteiger partial charge in [-0.1, -0.05) is 6.92 Å². The lowest BCUT2D eigenvalue weighted by molar-refractivity contribution is 0.706. The molecule has 0 aliphatic rings. The van der Waals surface area contributed by atoms with E-state index in [1.54, 1.807) is 7.05 Å². The molecule has 0 saturated carbocycles. The fourth-order valence-electron chi connectivity index (χ4n) is 1.68. The van der Waals surface area contributed by atoms with Crippen LogP contribution in [0.15, 0.2) is 15.8 Å². The molecule has 7 heteroatoms. The second kappa shape index (κ2) is 4.59. The van der Waals surface area contributed by atoms with Crippen molar-refractivity contribution < 1.29 is 0 Å². The molecule has 0 radical (unpaired) electrons. The number of rotatable bonds is 3. The maximum atomic E-state index is 11.9. The van der Waals surface area contributed by atoms with Crippen LogP contribution in [-0.2, 0) is 14.1 Å². The molecule has 2 aromatic heterocycles. The zero-order valence-electron chi connectivity index (χ0n) is 10.6. The Kier molecular flexibility index (Phi) is 3.14. The van der Waals surface area contributed by atoms with Crippen LogP contribution in [0.3, 0.4) is 0 Å². The number of fused-ring (bicyclic) bond motifs is 1. The predicted molar refractivity (Wildman–Crippen MR) is 68.8 cm³/mol. The van der Waals surface area contributed by atoms with Gasteiger partial charge in [0.25, 0.3) is 5.56 Å². The molecule has 2 rings (SSSR count). The zero-order valence-corrected chi connectivity index (χ0v) is 10.6. The van der Waals surface area contributed by atoms with Gasteiger partial charge in [-0.05, 0) is 6.42 Å². The standard InChI is InChI=1S/C11H15N5O2/c1-4-5-12-10-13-6-7-8(14-10)15(2)11(18)16(3)9(7)17/h6H,4-5H2,1-3H3,(H,12,13,14). The van der Waals surface area contributed by atoms with E-state index < -0.39 is 5.69 Å². The van der Waals surface area contributed by atoms with Gasteiger partial charge in [-0.3, -0.25) is 13.9 Å². The van der Waals surface area contributed by atoms with Gasteiger partial charge < -0.3 is 5.32 Å². The van der Waals surface area contributed by atoms with Crippen LogP contribution in [0.2, 0.25) is 0 Å². The first-order valence-electron chi connectivity index (χ1n) is 5.73. The van der Waals surface area contributed by atoms with E-state index in [1.807, 2.05) is 6.92 Å². The Morgan fingerprint density at radius 2 is 2.00 bits per heavy atom. The Hall–Kier alpha value is -2.18. The SMILES string of the molecule is CCCNc1ncc2c(=O)n(C)c(=O)n(C)c2n1. The second-order valence-corrected chi connectivity index (χ2v) is 4.06. The van der Waals surface area contributed by atoms with Gasteiger partial charge in [0.2, 0.25) is 5.95 Å². The molecule has 2 aromatic rings. The van der Waals surface area contributed by atoms with Gasteiger partial charge in [0.15, 0.2) is 5.65 Å². The van der Waals surface area contributed by atoms with E-state index in [0.29, 0.717) is 17.0 Å². The van der Waals surface area contributed by atoms with E-state index >= 15 is 0 Å². The van der Waals surface area contributed by atoms with Crippen LogP contribution in [0, 0.1) is 0 Å². The van der Waals surface area contributed by atoms with Gasteiger partial charge >= 0.3 is 5.69 Å². The van der Waals surface area contributed by atoms with Crippen molar-refractivity contribution in [2.75, 3.05) is 11.9 Å². The van der Waals surface area contributed by atoms with Crippen molar-refractivity contribution in [1.29, 1.82) is 0 Å². The average molecular weight is 249 g/mol. The van der Waals surface area contributed by atoms with E-state index in [2.05, 4.69) is 15.3 Å². The van der Waals surface area contributed by atoms with E-state index in [9.17, 15) is 9.59 Å². The van der Waals surface area contributed by atoms with E-state index in [4.69, 9.17) is 0 Å². The molecule has 96 valence electrons. The van der Waals surface area contributed by atoms with Gasteiger partial charge in [-0.15, -0.1) is 0 Å². The Balaban J connectivity index is 2.70. The molecular formula is C11H15N5O2. The van der Waals surface area contributed by atoms with Crippen molar-refractivity contribution in [3.63, 3.8) is 0 Å². The minimum absolute atomic E-state index is 0.335. The Morgan fingerprint density at radius 1 is 1.28 bits per heavy atom. The molecule has 18 heavy (non-hydrogen) atoms. The van der Waals surface area contributed by atoms with Crippen molar-refractivity contribution in [3.05, 3.63) is 27.0 Å². The van der Waals surface area contributed by atoms with Crippen molar-refractivity contribution in [1.82, 2.24) is 19.1 Å². The fraction of sp³-hybridized carbons (Fsp3) is 0.455. The number of hydrogen-bond donors (Lipinski definition) is 1. The van der Waals surface area contributed by atoms with E-state index in [1.165, 1.54) is 17.8 Å². The Morgan fingerprint density at radius 3 is 2.67 bits per heavy atom. The smallest absolute Gasteiger partial charge is 0.332 e. The third kappa shape index (κ3) is 1.87. The minimum atomic E-state index is -0.396. The van der Waals surface area contributed by atoms with Crippen LogP contribution >= 0.6 is 0 Å². The van der Waals surface area contributed by atoms with E-state index in [-0.39, 0.29) is 5.56 Å². The number of nitrogens with one attached hydrogen (secondary N) is 1. The van der Waals surface area contributed by atoms with E-state index in [0.717, 1.165) is 17.5 Å². The normalized spacial score (nSPS) is 10.8. The van der Waals surface area contributed by atoms with Crippen LogP contribution in [0.1, 0.15) is 13.3 Å². The monoisotopic (exact) mass is 249 g/mol. The molecule has 0 bridgehead atoms. The summed E-state index contributed by atoms with van der Waals surface area (Å²) in [5.41, 5.74) is -0.431. The number of hydrogen-bond acceptors (Lipinski definition) is 5. The molecule has 0 spiro atoms. The largest absolute Gasteiger partial charge is 0.354 e. The van der Waals surface area contributed by atoms with Gasteiger partial charge in [0, 0.05) is 26.8 Å². The maximum absolute atomic E-state index is 11.9. The van der Waals surface area contributed by atoms with Crippen LogP contribution < -0.4 is 16.6 Å². The minimum Gasteiger partial charge on any atom is -0.354 e. The molecule has 0 fully saturated rings. The molecule has 2 heterocycles. The second-order valence-electron chi connectivity index (χ2n) is 4.06. The molecular weight excluding hydrogens is 234 g/mol. The molecule has 0 saturated heterocycles. The maximum Gasteiger partial charge on any atom is 0.332 e. The first kappa shape index (κ1) is 12.3. The molecule has 0 aromatic carbocycles. The number of nitrogens with zero attached hydrogens (tertiary/aromatic N) is 4. The summed E-state index contributed by atoms with van der Waals surface area (Å²) < 4.78 is 2.39. The molecule has 0 atom stereocenters. The molecule has 7 nitrogen and oxygen atoms in total. The van der Waals surface area contributed by atoms with Crippen LogP contribution in [0.25, 0.3) is 11.0 Å². The summed E-state index contributed by atoms with van der Waals surface area (Å²) in [7, 11) is 3.02. The Bertz CT molecular complexity index is 701. The first-order chi connectivity index (χ1) is 8.56. The predicted octanol–water partition coefficient (Wildman–Crippen LogP) is -0.151. The van der Waals surface area contributed by atoms with Crippen LogP contribution in [0.4, 0.5) is 5.95 Å². The van der Waals surface area contributed by atoms with Gasteiger partial charge in [0.05, 0.1) is 0 Å². The highest BCUT2D eigenvalue weighted by atomic mass is 16.2.